The fourth-order valence-electron chi connectivity index (χ4n) is 8.20. The number of carbonyl (C=O) groups is 3. The van der Waals surface area contributed by atoms with Gasteiger partial charge in [0.2, 0.25) is 11.6 Å². The minimum absolute atomic E-state index is 0.111. The van der Waals surface area contributed by atoms with Crippen molar-refractivity contribution in [1.29, 1.82) is 0 Å². The summed E-state index contributed by atoms with van der Waals surface area (Å²) in [5, 5.41) is 24.9. The third-order valence-electron chi connectivity index (χ3n) is 12.0. The van der Waals surface area contributed by atoms with Crippen molar-refractivity contribution < 1.29 is 42.9 Å². The highest BCUT2D eigenvalue weighted by Gasteiger charge is 2.27. The van der Waals surface area contributed by atoms with Gasteiger partial charge in [-0.05, 0) is 199 Å². The van der Waals surface area contributed by atoms with Gasteiger partial charge < -0.3 is 35.5 Å². The smallest absolute Gasteiger partial charge is 0.207 e. The first kappa shape index (κ1) is 54.6. The molecule has 0 fully saturated rings. The number of aromatic hydroxyl groups is 2. The molecule has 1 atom stereocenters. The largest absolute Gasteiger partial charge is 0.508 e. The number of nitrogens with two attached hydrogens (primary N) is 1. The number of hydrogen-bond acceptors (Lipinski definition) is 11. The maximum Gasteiger partial charge on any atom is 0.207 e. The summed E-state index contributed by atoms with van der Waals surface area (Å²) in [6.07, 6.45) is 4.50. The molecule has 6 aromatic carbocycles. The van der Waals surface area contributed by atoms with Crippen molar-refractivity contribution in [2.45, 2.75) is 93.5 Å². The number of phenolic OH excluding ortho intramolecular Hbond substituents is 2. The van der Waals surface area contributed by atoms with Crippen LogP contribution in [-0.4, -0.2) is 46.7 Å². The Labute approximate surface area is 428 Å². The summed E-state index contributed by atoms with van der Waals surface area (Å²) >= 11 is 2.51. The van der Waals surface area contributed by atoms with E-state index in [2.05, 4.69) is 19.2 Å². The maximum atomic E-state index is 13.9. The van der Waals surface area contributed by atoms with E-state index in [4.69, 9.17) is 15.2 Å². The molecule has 0 saturated carbocycles. The van der Waals surface area contributed by atoms with Crippen molar-refractivity contribution in [2.75, 3.05) is 13.1 Å². The van der Waals surface area contributed by atoms with Gasteiger partial charge in [-0.15, -0.1) is 22.7 Å². The summed E-state index contributed by atoms with van der Waals surface area (Å²) in [7, 11) is 0. The maximum absolute atomic E-state index is 13.9. The molecule has 376 valence electrons. The topological polar surface area (TPSA) is 148 Å². The highest BCUT2D eigenvalue weighted by atomic mass is 32.1. The Kier molecular flexibility index (Phi) is 19.0. The third kappa shape index (κ3) is 13.8. The van der Waals surface area contributed by atoms with E-state index in [-0.39, 0.29) is 40.5 Å². The number of benzene rings is 6. The normalized spacial score (nSPS) is 11.4. The van der Waals surface area contributed by atoms with Gasteiger partial charge in [0, 0.05) is 43.8 Å². The third-order valence-corrected chi connectivity index (χ3v) is 14.2. The number of halogens is 2. The van der Waals surface area contributed by atoms with Crippen LogP contribution in [0.5, 0.6) is 34.5 Å². The van der Waals surface area contributed by atoms with Crippen LogP contribution in [0.4, 0.5) is 8.78 Å². The highest BCUT2D eigenvalue weighted by Crippen LogP contribution is 2.45. The molecule has 0 bridgehead atoms. The number of fused-ring (bicyclic) bond motifs is 2. The molecule has 0 radical (unpaired) electrons. The van der Waals surface area contributed by atoms with Gasteiger partial charge >= 0.3 is 0 Å². The van der Waals surface area contributed by atoms with E-state index in [0.29, 0.717) is 78.7 Å². The van der Waals surface area contributed by atoms with E-state index in [9.17, 15) is 33.4 Å². The van der Waals surface area contributed by atoms with Crippen LogP contribution in [0.15, 0.2) is 109 Å². The second kappa shape index (κ2) is 25.1. The van der Waals surface area contributed by atoms with Crippen LogP contribution < -0.4 is 20.5 Å². The first-order valence-electron chi connectivity index (χ1n) is 24.0. The van der Waals surface area contributed by atoms with Gasteiger partial charge in [0.05, 0.1) is 0 Å². The predicted octanol–water partition coefficient (Wildman–Crippen LogP) is 14.6. The molecule has 0 aliphatic rings. The summed E-state index contributed by atoms with van der Waals surface area (Å²) < 4.78 is 41.6. The SMILES string of the molecule is CCC(C)NCCc1ccc(Oc2c(C(=O)c3c(C)cc(F)cc3C)sc3cc(O)ccc23)cc1.CCCC(C)=O.Cc1cc(F)cc(C)c1C(=O)c1sc2cc(O)ccc2c1Oc1ccc(CCN)cc1. The number of hydrogen-bond donors (Lipinski definition) is 4. The number of nitrogens with one attached hydrogen (secondary N) is 1. The van der Waals surface area contributed by atoms with Gasteiger partial charge in [0.25, 0.3) is 0 Å². The Morgan fingerprint density at radius 3 is 1.38 bits per heavy atom. The Hall–Kier alpha value is -6.77. The number of Topliss-reactive ketones (excluding diaryl/α,β-unsaturated/α-hetero) is 1. The predicted molar refractivity (Wildman–Crippen MR) is 288 cm³/mol. The van der Waals surface area contributed by atoms with E-state index in [1.165, 1.54) is 52.5 Å². The van der Waals surface area contributed by atoms with E-state index in [1.54, 1.807) is 71.0 Å². The highest BCUT2D eigenvalue weighted by molar-refractivity contribution is 7.22. The van der Waals surface area contributed by atoms with Crippen LogP contribution >= 0.6 is 22.7 Å². The summed E-state index contributed by atoms with van der Waals surface area (Å²) in [5.41, 5.74) is 11.1. The number of thiophene rings is 2. The monoisotopic (exact) mass is 1010 g/mol. The Balaban J connectivity index is 0.000000213. The zero-order chi connectivity index (χ0) is 52.2. The van der Waals surface area contributed by atoms with Crippen molar-refractivity contribution >= 4 is 60.2 Å². The van der Waals surface area contributed by atoms with E-state index in [0.717, 1.165) is 64.4 Å². The van der Waals surface area contributed by atoms with Gasteiger partial charge in [-0.3, -0.25) is 9.59 Å². The van der Waals surface area contributed by atoms with Gasteiger partial charge in [-0.2, -0.15) is 0 Å². The lowest BCUT2D eigenvalue weighted by atomic mass is 9.97. The number of aryl methyl sites for hydroxylation is 4. The molecule has 0 amide bonds. The van der Waals surface area contributed by atoms with Crippen molar-refractivity contribution in [1.82, 2.24) is 5.32 Å². The summed E-state index contributed by atoms with van der Waals surface area (Å²) in [6, 6.07) is 31.3. The van der Waals surface area contributed by atoms with Crippen LogP contribution in [0, 0.1) is 39.3 Å². The van der Waals surface area contributed by atoms with Crippen LogP contribution in [0.3, 0.4) is 0 Å². The van der Waals surface area contributed by atoms with Crippen LogP contribution in [0.1, 0.15) is 111 Å². The number of ketones is 3. The molecular formula is C59H62F2N2O7S2. The lowest BCUT2D eigenvalue weighted by molar-refractivity contribution is -0.117. The molecule has 0 aliphatic carbocycles. The number of carbonyl (C=O) groups excluding carboxylic acids is 3. The van der Waals surface area contributed by atoms with Crippen molar-refractivity contribution in [2.24, 2.45) is 5.73 Å². The zero-order valence-electron chi connectivity index (χ0n) is 42.0. The van der Waals surface area contributed by atoms with Gasteiger partial charge in [0.1, 0.15) is 50.2 Å². The molecule has 0 saturated heterocycles. The van der Waals surface area contributed by atoms with Gasteiger partial charge in [-0.25, -0.2) is 8.78 Å². The van der Waals surface area contributed by atoms with Gasteiger partial charge in [0.15, 0.2) is 11.5 Å². The lowest BCUT2D eigenvalue weighted by Crippen LogP contribution is -2.27. The molecule has 0 spiro atoms. The van der Waals surface area contributed by atoms with Crippen LogP contribution in [0.2, 0.25) is 0 Å². The van der Waals surface area contributed by atoms with Gasteiger partial charge in [-0.1, -0.05) is 38.1 Å². The molecule has 0 aliphatic heterocycles. The molecule has 8 aromatic rings. The average molecular weight is 1010 g/mol. The minimum Gasteiger partial charge on any atom is -0.508 e. The summed E-state index contributed by atoms with van der Waals surface area (Å²) in [6.45, 7) is 16.3. The van der Waals surface area contributed by atoms with E-state index >= 15 is 0 Å². The van der Waals surface area contributed by atoms with Crippen molar-refractivity contribution in [3.8, 4) is 34.5 Å². The minimum atomic E-state index is -0.373. The van der Waals surface area contributed by atoms with Crippen LogP contribution in [-0.2, 0) is 17.6 Å². The second-order valence-corrected chi connectivity index (χ2v) is 20.0. The Bertz CT molecular complexity index is 3150. The quantitative estimate of drug-likeness (QED) is 0.0654. The average Bonchev–Trinajstić information content (AvgIpc) is 3.86. The van der Waals surface area contributed by atoms with Crippen molar-refractivity contribution in [3.63, 3.8) is 0 Å². The number of ether oxygens (including phenoxy) is 2. The molecule has 5 N–H and O–H groups in total. The summed E-state index contributed by atoms with van der Waals surface area (Å²) in [5.74, 6) is 1.42. The molecule has 2 heterocycles. The molecule has 13 heteroatoms. The van der Waals surface area contributed by atoms with Crippen molar-refractivity contribution in [3.05, 3.63) is 175 Å². The fourth-order valence-corrected chi connectivity index (χ4v) is 10.4. The summed E-state index contributed by atoms with van der Waals surface area (Å²) in [4.78, 5) is 38.1. The van der Waals surface area contributed by atoms with E-state index in [1.807, 2.05) is 55.5 Å². The molecule has 72 heavy (non-hydrogen) atoms. The molecular weight excluding hydrogens is 951 g/mol. The lowest BCUT2D eigenvalue weighted by Gasteiger charge is -2.12. The first-order valence-corrected chi connectivity index (χ1v) is 25.6. The first-order chi connectivity index (χ1) is 34.4. The second-order valence-electron chi connectivity index (χ2n) is 17.9. The molecule has 2 aromatic heterocycles. The number of rotatable bonds is 17. The molecule has 8 rings (SSSR count). The molecule has 1 unspecified atom stereocenters. The fraction of sp³-hybridized carbons (Fsp3) is 0.271. The standard InChI is InChI=1S/C29H30FNO3S.C25H22FNO3S.C5H10O/c1-5-19(4)31-13-12-20-6-9-23(10-7-20)34-28-24-11-8-22(32)16-25(24)35-29(28)27(33)26-17(2)14-21(30)15-18(26)3;1-14-11-17(26)12-15(2)22(14)23(29)25-24(20-8-5-18(28)13-21(20)31-25)30-19-6-3-16(4-7-19)9-10-27;1-3-4-5(2)6/h6-11,14-16,19,31-32H,5,12-13H2,1-4H3;3-8,11-13,28H,9-10,27H2,1-2H3;3-4H2,1-2H3. The van der Waals surface area contributed by atoms with E-state index < -0.39 is 0 Å². The Morgan fingerprint density at radius 1 is 0.625 bits per heavy atom. The molecule has 9 nitrogen and oxygen atoms in total. The van der Waals surface area contributed by atoms with Crippen LogP contribution in [0.25, 0.3) is 20.2 Å². The Morgan fingerprint density at radius 2 is 1.03 bits per heavy atom. The zero-order valence-corrected chi connectivity index (χ0v) is 43.6. The number of phenols is 2.